The number of fused-ring (bicyclic) bond motifs is 1. The van der Waals surface area contributed by atoms with E-state index in [0.29, 0.717) is 22.9 Å². The Morgan fingerprint density at radius 2 is 2.11 bits per heavy atom. The fourth-order valence-electron chi connectivity index (χ4n) is 2.87. The van der Waals surface area contributed by atoms with Crippen molar-refractivity contribution in [3.63, 3.8) is 0 Å². The number of carbonyl (C=O) groups is 1. The number of nitrogen functional groups attached to an aromatic ring is 1. The van der Waals surface area contributed by atoms with Gasteiger partial charge in [0, 0.05) is 5.75 Å². The normalized spacial score (nSPS) is 25.6. The third kappa shape index (κ3) is 3.39. The maximum absolute atomic E-state index is 10.8. The van der Waals surface area contributed by atoms with Crippen LogP contribution in [0.4, 0.5) is 5.82 Å². The summed E-state index contributed by atoms with van der Waals surface area (Å²) in [5.41, 5.74) is 6.52. The number of nitrogens with one attached hydrogen (secondary N) is 2. The number of nitrogens with two attached hydrogens (primary N) is 1. The maximum atomic E-state index is 10.8. The molecule has 0 aliphatic carbocycles. The van der Waals surface area contributed by atoms with Gasteiger partial charge in [0.2, 0.25) is 0 Å². The number of imidazole rings is 1. The number of ether oxygens (including phenoxy) is 1. The Morgan fingerprint density at radius 1 is 1.33 bits per heavy atom. The molecule has 7 N–H and O–H groups in total. The number of anilines is 1. The summed E-state index contributed by atoms with van der Waals surface area (Å²) in [7, 11) is 0. The van der Waals surface area contributed by atoms with Crippen molar-refractivity contribution in [3.05, 3.63) is 6.33 Å². The molecule has 3 aromatic heterocycles. The second kappa shape index (κ2) is 6.88. The first-order valence-corrected chi connectivity index (χ1v) is 9.07. The Morgan fingerprint density at radius 3 is 2.81 bits per heavy atom. The van der Waals surface area contributed by atoms with E-state index in [1.807, 2.05) is 0 Å². The molecule has 1 fully saturated rings. The number of aliphatic hydroxyl groups is 2. The molecule has 0 bridgehead atoms. The van der Waals surface area contributed by atoms with Crippen LogP contribution in [0.15, 0.2) is 11.5 Å². The number of aliphatic hydroxyl groups excluding tert-OH is 2. The zero-order valence-corrected chi connectivity index (χ0v) is 14.7. The highest BCUT2D eigenvalue weighted by Gasteiger charge is 2.45. The lowest BCUT2D eigenvalue weighted by Crippen LogP contribution is -2.33. The summed E-state index contributed by atoms with van der Waals surface area (Å²) in [5.74, 6) is -0.529. The lowest BCUT2D eigenvalue weighted by molar-refractivity contribution is -0.136. The third-order valence-electron chi connectivity index (χ3n) is 4.24. The third-order valence-corrected chi connectivity index (χ3v) is 5.20. The molecule has 4 rings (SSSR count). The summed E-state index contributed by atoms with van der Waals surface area (Å²) >= 11 is 1.17. The highest BCUT2D eigenvalue weighted by molar-refractivity contribution is 7.99. The van der Waals surface area contributed by atoms with Crippen LogP contribution in [0.25, 0.3) is 11.2 Å². The van der Waals surface area contributed by atoms with Crippen molar-refractivity contribution in [3.8, 4) is 0 Å². The van der Waals surface area contributed by atoms with Gasteiger partial charge in [0.25, 0.3) is 0 Å². The number of rotatable bonds is 7. The standard InChI is InChI=1S/C13H18N8O5S/c14-10-7-11(16-4-15-10)21(13(17-7)27-2-1-6(22)23)12-9(25)8(24)5(26-12)3-20-18-19-20/h4-5,8-9,12,18-19,24-25H,1-3H2,(H,22,23)(H2,14,15,16)/t5-,8-,9-,12-/m1/s1. The molecule has 27 heavy (non-hydrogen) atoms. The minimum absolute atomic E-state index is 0.0688. The SMILES string of the molecule is Nc1ncnc2c1nc(SCCC(=O)O)n2[C@@H]1O[C@H](Cn2[nH][nH]2)[C@@H](O)[C@H]1O. The van der Waals surface area contributed by atoms with Crippen LogP contribution in [0.1, 0.15) is 12.6 Å². The van der Waals surface area contributed by atoms with Crippen molar-refractivity contribution in [2.45, 2.75) is 42.7 Å². The van der Waals surface area contributed by atoms with E-state index in [0.717, 1.165) is 0 Å². The zero-order valence-electron chi connectivity index (χ0n) is 13.9. The fourth-order valence-corrected chi connectivity index (χ4v) is 3.81. The number of hydrogen-bond donors (Lipinski definition) is 6. The van der Waals surface area contributed by atoms with Crippen molar-refractivity contribution < 1.29 is 24.9 Å². The van der Waals surface area contributed by atoms with E-state index < -0.39 is 30.5 Å². The quantitative estimate of drug-likeness (QED) is 0.262. The summed E-state index contributed by atoms with van der Waals surface area (Å²) in [6, 6.07) is 0. The van der Waals surface area contributed by atoms with Crippen LogP contribution in [-0.2, 0) is 16.1 Å². The van der Waals surface area contributed by atoms with Crippen molar-refractivity contribution in [2.24, 2.45) is 0 Å². The smallest absolute Gasteiger partial charge is 0.304 e. The van der Waals surface area contributed by atoms with Crippen LogP contribution in [0.5, 0.6) is 0 Å². The van der Waals surface area contributed by atoms with Crippen LogP contribution in [0, 0.1) is 0 Å². The molecular formula is C13H18N8O5S. The van der Waals surface area contributed by atoms with E-state index in [4.69, 9.17) is 15.6 Å². The van der Waals surface area contributed by atoms with E-state index >= 15 is 0 Å². The van der Waals surface area contributed by atoms with E-state index in [1.165, 1.54) is 22.7 Å². The van der Waals surface area contributed by atoms with Gasteiger partial charge in [-0.05, 0) is 0 Å². The number of aromatic amines is 2. The van der Waals surface area contributed by atoms with Gasteiger partial charge in [-0.15, -0.1) is 0 Å². The van der Waals surface area contributed by atoms with Crippen molar-refractivity contribution in [1.29, 1.82) is 0 Å². The van der Waals surface area contributed by atoms with Crippen molar-refractivity contribution in [2.75, 3.05) is 11.5 Å². The molecule has 13 nitrogen and oxygen atoms in total. The molecule has 1 aliphatic heterocycles. The molecule has 4 heterocycles. The number of thioether (sulfide) groups is 1. The van der Waals surface area contributed by atoms with E-state index in [9.17, 15) is 15.0 Å². The minimum Gasteiger partial charge on any atom is -0.481 e. The summed E-state index contributed by atoms with van der Waals surface area (Å²) in [4.78, 5) is 24.9. The number of aliphatic carboxylic acids is 1. The van der Waals surface area contributed by atoms with Crippen LogP contribution in [0.3, 0.4) is 0 Å². The molecule has 14 heteroatoms. The molecule has 0 spiro atoms. The predicted octanol–water partition coefficient (Wildman–Crippen LogP) is -1.25. The molecule has 0 unspecified atom stereocenters. The van der Waals surface area contributed by atoms with Gasteiger partial charge in [-0.2, -0.15) is 4.80 Å². The number of hydrogen-bond acceptors (Lipinski definition) is 9. The predicted molar refractivity (Wildman–Crippen MR) is 91.8 cm³/mol. The molecule has 4 atom stereocenters. The highest BCUT2D eigenvalue weighted by Crippen LogP contribution is 2.36. The van der Waals surface area contributed by atoms with E-state index in [-0.39, 0.29) is 18.0 Å². The molecular weight excluding hydrogens is 380 g/mol. The Labute approximate surface area is 155 Å². The summed E-state index contributed by atoms with van der Waals surface area (Å²) in [6.07, 6.45) is -2.80. The van der Waals surface area contributed by atoms with Crippen LogP contribution < -0.4 is 5.73 Å². The molecule has 0 aromatic carbocycles. The summed E-state index contributed by atoms with van der Waals surface area (Å²) in [6.45, 7) is 0.306. The Kier molecular flexibility index (Phi) is 4.55. The number of aromatic nitrogens is 7. The maximum Gasteiger partial charge on any atom is 0.304 e. The minimum atomic E-state index is -1.23. The van der Waals surface area contributed by atoms with E-state index in [1.54, 1.807) is 4.80 Å². The van der Waals surface area contributed by atoms with Crippen LogP contribution in [0.2, 0.25) is 0 Å². The largest absolute Gasteiger partial charge is 0.481 e. The van der Waals surface area contributed by atoms with Crippen LogP contribution >= 0.6 is 11.8 Å². The van der Waals surface area contributed by atoms with Gasteiger partial charge < -0.3 is 25.8 Å². The highest BCUT2D eigenvalue weighted by atomic mass is 32.2. The number of carboxylic acids is 1. The monoisotopic (exact) mass is 398 g/mol. The average molecular weight is 398 g/mol. The molecule has 1 aliphatic rings. The molecule has 1 saturated heterocycles. The topological polar surface area (TPSA) is 193 Å². The van der Waals surface area contributed by atoms with E-state index in [2.05, 4.69) is 25.4 Å². The first kappa shape index (κ1) is 17.8. The van der Waals surface area contributed by atoms with Gasteiger partial charge in [0.05, 0.1) is 13.0 Å². The second-order valence-electron chi connectivity index (χ2n) is 6.07. The number of carboxylic acid groups (broad SMARTS) is 1. The van der Waals surface area contributed by atoms with Gasteiger partial charge in [-0.1, -0.05) is 11.8 Å². The Hall–Kier alpha value is -2.55. The summed E-state index contributed by atoms with van der Waals surface area (Å²) < 4.78 is 7.39. The zero-order chi connectivity index (χ0) is 19.1. The first-order chi connectivity index (χ1) is 13.0. The van der Waals surface area contributed by atoms with Gasteiger partial charge in [-0.3, -0.25) is 9.36 Å². The Bertz CT molecular complexity index is 938. The van der Waals surface area contributed by atoms with Crippen molar-refractivity contribution in [1.82, 2.24) is 34.7 Å². The van der Waals surface area contributed by atoms with Gasteiger partial charge in [-0.25, -0.2) is 25.4 Å². The first-order valence-electron chi connectivity index (χ1n) is 8.09. The summed E-state index contributed by atoms with van der Waals surface area (Å²) in [5, 5.41) is 35.6. The molecule has 0 amide bonds. The Balaban J connectivity index is 1.69. The average Bonchev–Trinajstić information content (AvgIpc) is 3.31. The lowest BCUT2D eigenvalue weighted by Gasteiger charge is -2.19. The lowest BCUT2D eigenvalue weighted by atomic mass is 10.1. The van der Waals surface area contributed by atoms with Gasteiger partial charge in [0.1, 0.15) is 24.6 Å². The molecule has 3 aromatic rings. The number of H-pyrrole nitrogens is 2. The molecule has 146 valence electrons. The van der Waals surface area contributed by atoms with Crippen LogP contribution in [-0.4, -0.2) is 80.1 Å². The molecule has 0 saturated carbocycles. The van der Waals surface area contributed by atoms with Gasteiger partial charge >= 0.3 is 5.97 Å². The van der Waals surface area contributed by atoms with Crippen molar-refractivity contribution >= 4 is 34.7 Å². The second-order valence-corrected chi connectivity index (χ2v) is 7.13. The molecule has 0 radical (unpaired) electrons. The number of nitrogens with zero attached hydrogens (tertiary/aromatic N) is 5. The fraction of sp³-hybridized carbons (Fsp3) is 0.538. The van der Waals surface area contributed by atoms with Gasteiger partial charge in [0.15, 0.2) is 28.4 Å².